The molecule has 1 unspecified atom stereocenters. The molecule has 1 aromatic heterocycles. The summed E-state index contributed by atoms with van der Waals surface area (Å²) in [6.07, 6.45) is 2.12. The van der Waals surface area contributed by atoms with Crippen LogP contribution in [0.15, 0.2) is 6.07 Å². The van der Waals surface area contributed by atoms with Crippen molar-refractivity contribution in [1.29, 1.82) is 0 Å². The minimum atomic E-state index is 0.570. The van der Waals surface area contributed by atoms with Crippen LogP contribution in [0.5, 0.6) is 0 Å². The van der Waals surface area contributed by atoms with Crippen LogP contribution < -0.4 is 5.32 Å². The first-order valence-corrected chi connectivity index (χ1v) is 6.28. The van der Waals surface area contributed by atoms with Gasteiger partial charge in [-0.1, -0.05) is 27.7 Å². The molecule has 0 aliphatic carbocycles. The van der Waals surface area contributed by atoms with E-state index < -0.39 is 0 Å². The number of nitrogens with one attached hydrogen (secondary N) is 1. The zero-order valence-corrected chi connectivity index (χ0v) is 11.2. The third kappa shape index (κ3) is 3.97. The first-order chi connectivity index (χ1) is 7.52. The molecular formula is C13H25N3. The fourth-order valence-corrected chi connectivity index (χ4v) is 1.80. The van der Waals surface area contributed by atoms with Gasteiger partial charge in [0.2, 0.25) is 0 Å². The van der Waals surface area contributed by atoms with Gasteiger partial charge in [0.1, 0.15) is 0 Å². The molecule has 1 heterocycles. The maximum absolute atomic E-state index is 4.47. The summed E-state index contributed by atoms with van der Waals surface area (Å²) in [5.41, 5.74) is 2.54. The predicted octanol–water partition coefficient (Wildman–Crippen LogP) is 2.16. The van der Waals surface area contributed by atoms with Gasteiger partial charge in [0.05, 0.1) is 5.69 Å². The van der Waals surface area contributed by atoms with Gasteiger partial charge < -0.3 is 5.32 Å². The van der Waals surface area contributed by atoms with Gasteiger partial charge in [0.15, 0.2) is 0 Å². The highest BCUT2D eigenvalue weighted by Crippen LogP contribution is 2.10. The molecule has 0 aliphatic rings. The van der Waals surface area contributed by atoms with Crippen LogP contribution >= 0.6 is 0 Å². The number of hydrogen-bond acceptors (Lipinski definition) is 2. The van der Waals surface area contributed by atoms with E-state index in [4.69, 9.17) is 0 Å². The highest BCUT2D eigenvalue weighted by molar-refractivity contribution is 5.10. The Kier molecular flexibility index (Phi) is 5.00. The van der Waals surface area contributed by atoms with E-state index in [-0.39, 0.29) is 0 Å². The number of aryl methyl sites for hydroxylation is 2. The standard InChI is InChI=1S/C13H25N3/c1-6-12-8-13(16(5)15-12)7-11(4)9-14-10(2)3/h8,10-11,14H,6-7,9H2,1-5H3. The lowest BCUT2D eigenvalue weighted by Gasteiger charge is -2.14. The molecule has 1 N–H and O–H groups in total. The molecule has 1 aromatic rings. The third-order valence-corrected chi connectivity index (χ3v) is 2.82. The average molecular weight is 223 g/mol. The number of aromatic nitrogens is 2. The van der Waals surface area contributed by atoms with Crippen LogP contribution in [0.2, 0.25) is 0 Å². The van der Waals surface area contributed by atoms with Crippen LogP contribution in [0.25, 0.3) is 0 Å². The van der Waals surface area contributed by atoms with E-state index in [0.717, 1.165) is 19.4 Å². The molecule has 1 atom stereocenters. The van der Waals surface area contributed by atoms with Gasteiger partial charge >= 0.3 is 0 Å². The zero-order valence-electron chi connectivity index (χ0n) is 11.2. The molecule has 0 saturated carbocycles. The molecule has 0 saturated heterocycles. The van der Waals surface area contributed by atoms with E-state index in [0.29, 0.717) is 12.0 Å². The van der Waals surface area contributed by atoms with Crippen LogP contribution in [0.1, 0.15) is 39.1 Å². The molecule has 0 aromatic carbocycles. The summed E-state index contributed by atoms with van der Waals surface area (Å²) in [7, 11) is 2.04. The Balaban J connectivity index is 2.48. The summed E-state index contributed by atoms with van der Waals surface area (Å²) < 4.78 is 2.02. The normalized spacial score (nSPS) is 13.4. The van der Waals surface area contributed by atoms with Crippen molar-refractivity contribution < 1.29 is 0 Å². The largest absolute Gasteiger partial charge is 0.314 e. The molecule has 16 heavy (non-hydrogen) atoms. The summed E-state index contributed by atoms with van der Waals surface area (Å²) in [4.78, 5) is 0. The zero-order chi connectivity index (χ0) is 12.1. The molecule has 3 heteroatoms. The van der Waals surface area contributed by atoms with Gasteiger partial charge in [0, 0.05) is 18.8 Å². The maximum atomic E-state index is 4.47. The monoisotopic (exact) mass is 223 g/mol. The summed E-state index contributed by atoms with van der Waals surface area (Å²) in [6.45, 7) is 9.88. The molecule has 0 amide bonds. The van der Waals surface area contributed by atoms with Crippen molar-refractivity contribution in [3.05, 3.63) is 17.5 Å². The summed E-state index contributed by atoms with van der Waals surface area (Å²) in [6, 6.07) is 2.80. The first kappa shape index (κ1) is 13.2. The fraction of sp³-hybridized carbons (Fsp3) is 0.769. The summed E-state index contributed by atoms with van der Waals surface area (Å²) >= 11 is 0. The molecule has 1 rings (SSSR count). The Morgan fingerprint density at radius 2 is 2.06 bits per heavy atom. The minimum Gasteiger partial charge on any atom is -0.314 e. The van der Waals surface area contributed by atoms with Crippen LogP contribution in [0, 0.1) is 5.92 Å². The maximum Gasteiger partial charge on any atom is 0.0624 e. The average Bonchev–Trinajstić information content (AvgIpc) is 2.57. The Morgan fingerprint density at radius 1 is 1.38 bits per heavy atom. The van der Waals surface area contributed by atoms with Crippen LogP contribution in [-0.2, 0) is 19.9 Å². The summed E-state index contributed by atoms with van der Waals surface area (Å²) in [5.74, 6) is 0.655. The number of hydrogen-bond donors (Lipinski definition) is 1. The topological polar surface area (TPSA) is 29.9 Å². The van der Waals surface area contributed by atoms with Gasteiger partial charge in [-0.25, -0.2) is 0 Å². The lowest BCUT2D eigenvalue weighted by Crippen LogP contribution is -2.28. The molecule has 0 radical (unpaired) electrons. The third-order valence-electron chi connectivity index (χ3n) is 2.82. The van der Waals surface area contributed by atoms with Crippen LogP contribution in [-0.4, -0.2) is 22.4 Å². The SMILES string of the molecule is CCc1cc(CC(C)CNC(C)C)n(C)n1. The van der Waals surface area contributed by atoms with E-state index in [1.54, 1.807) is 0 Å². The Hall–Kier alpha value is -0.830. The van der Waals surface area contributed by atoms with E-state index in [2.05, 4.69) is 44.2 Å². The second kappa shape index (κ2) is 6.04. The van der Waals surface area contributed by atoms with Crippen molar-refractivity contribution in [2.24, 2.45) is 13.0 Å². The molecule has 0 bridgehead atoms. The molecule has 0 fully saturated rings. The second-order valence-electron chi connectivity index (χ2n) is 4.98. The van der Waals surface area contributed by atoms with E-state index in [1.807, 2.05) is 11.7 Å². The minimum absolute atomic E-state index is 0.570. The molecule has 0 aliphatic heterocycles. The van der Waals surface area contributed by atoms with Gasteiger partial charge in [-0.05, 0) is 31.4 Å². The highest BCUT2D eigenvalue weighted by atomic mass is 15.3. The van der Waals surface area contributed by atoms with Crippen molar-refractivity contribution in [1.82, 2.24) is 15.1 Å². The van der Waals surface area contributed by atoms with Crippen molar-refractivity contribution in [2.75, 3.05) is 6.54 Å². The van der Waals surface area contributed by atoms with E-state index in [1.165, 1.54) is 11.4 Å². The molecule has 92 valence electrons. The van der Waals surface area contributed by atoms with Gasteiger partial charge in [-0.3, -0.25) is 4.68 Å². The molecular weight excluding hydrogens is 198 g/mol. The molecule has 0 spiro atoms. The van der Waals surface area contributed by atoms with Gasteiger partial charge in [0.25, 0.3) is 0 Å². The smallest absolute Gasteiger partial charge is 0.0624 e. The van der Waals surface area contributed by atoms with Crippen molar-refractivity contribution >= 4 is 0 Å². The lowest BCUT2D eigenvalue weighted by molar-refractivity contribution is 0.465. The Labute approximate surface area is 99.2 Å². The van der Waals surface area contributed by atoms with Gasteiger partial charge in [-0.15, -0.1) is 0 Å². The lowest BCUT2D eigenvalue weighted by atomic mass is 10.0. The highest BCUT2D eigenvalue weighted by Gasteiger charge is 2.09. The first-order valence-electron chi connectivity index (χ1n) is 6.28. The van der Waals surface area contributed by atoms with Crippen molar-refractivity contribution in [3.63, 3.8) is 0 Å². The van der Waals surface area contributed by atoms with Crippen LogP contribution in [0.4, 0.5) is 0 Å². The van der Waals surface area contributed by atoms with E-state index >= 15 is 0 Å². The summed E-state index contributed by atoms with van der Waals surface area (Å²) in [5, 5.41) is 7.95. The number of nitrogens with zero attached hydrogens (tertiary/aromatic N) is 2. The molecule has 3 nitrogen and oxygen atoms in total. The second-order valence-corrected chi connectivity index (χ2v) is 4.98. The Bertz CT molecular complexity index is 315. The van der Waals surface area contributed by atoms with Crippen molar-refractivity contribution in [3.8, 4) is 0 Å². The number of rotatable bonds is 6. The van der Waals surface area contributed by atoms with Crippen LogP contribution in [0.3, 0.4) is 0 Å². The Morgan fingerprint density at radius 3 is 2.56 bits per heavy atom. The van der Waals surface area contributed by atoms with Gasteiger partial charge in [-0.2, -0.15) is 5.10 Å². The van der Waals surface area contributed by atoms with E-state index in [9.17, 15) is 0 Å². The predicted molar refractivity (Wildman–Crippen MR) is 68.6 cm³/mol. The quantitative estimate of drug-likeness (QED) is 0.801. The fourth-order valence-electron chi connectivity index (χ4n) is 1.80. The van der Waals surface area contributed by atoms with Crippen molar-refractivity contribution in [2.45, 2.75) is 46.6 Å².